The second kappa shape index (κ2) is 6.70. The Labute approximate surface area is 129 Å². The molecule has 4 nitrogen and oxygen atoms in total. The van der Waals surface area contributed by atoms with Crippen molar-refractivity contribution in [2.45, 2.75) is 18.2 Å². The first-order chi connectivity index (χ1) is 10.4. The number of benzene rings is 2. The van der Waals surface area contributed by atoms with E-state index in [4.69, 9.17) is 0 Å². The molecule has 2 aromatic carbocycles. The van der Waals surface area contributed by atoms with Gasteiger partial charge in [0.1, 0.15) is 12.1 Å². The number of hydrogen-bond donors (Lipinski definition) is 0. The molecule has 0 amide bonds. The lowest BCUT2D eigenvalue weighted by Gasteiger charge is -2.24. The lowest BCUT2D eigenvalue weighted by atomic mass is 10.2. The third-order valence-electron chi connectivity index (χ3n) is 3.16. The van der Waals surface area contributed by atoms with E-state index in [9.17, 15) is 17.6 Å². The largest absolute Gasteiger partial charge is 0.303 e. The minimum atomic E-state index is -3.85. The van der Waals surface area contributed by atoms with Gasteiger partial charge in [0.25, 0.3) is 10.0 Å². The number of aldehydes is 1. The summed E-state index contributed by atoms with van der Waals surface area (Å²) in [6, 6.07) is 11.7. The van der Waals surface area contributed by atoms with Crippen molar-refractivity contribution < 1.29 is 17.6 Å². The Morgan fingerprint density at radius 3 is 2.41 bits per heavy atom. The summed E-state index contributed by atoms with van der Waals surface area (Å²) in [6.07, 6.45) is 0.665. The van der Waals surface area contributed by atoms with Crippen LogP contribution < -0.4 is 4.31 Å². The minimum Gasteiger partial charge on any atom is -0.303 e. The molecular formula is C16H16FNO3S. The highest BCUT2D eigenvalue weighted by atomic mass is 32.2. The van der Waals surface area contributed by atoms with Gasteiger partial charge in [0, 0.05) is 13.0 Å². The van der Waals surface area contributed by atoms with Gasteiger partial charge >= 0.3 is 0 Å². The number of carbonyl (C=O) groups excluding carboxylic acids is 1. The van der Waals surface area contributed by atoms with Crippen molar-refractivity contribution in [2.75, 3.05) is 10.8 Å². The second-order valence-corrected chi connectivity index (χ2v) is 6.69. The molecule has 2 rings (SSSR count). The number of halogens is 1. The summed E-state index contributed by atoms with van der Waals surface area (Å²) in [5, 5.41) is 0. The van der Waals surface area contributed by atoms with E-state index in [1.807, 2.05) is 6.92 Å². The van der Waals surface area contributed by atoms with E-state index >= 15 is 0 Å². The number of carbonyl (C=O) groups is 1. The van der Waals surface area contributed by atoms with Gasteiger partial charge in [0.2, 0.25) is 0 Å². The van der Waals surface area contributed by atoms with Crippen molar-refractivity contribution in [2.24, 2.45) is 0 Å². The van der Waals surface area contributed by atoms with Gasteiger partial charge in [-0.25, -0.2) is 12.8 Å². The maximum Gasteiger partial charge on any atom is 0.264 e. The molecule has 0 atom stereocenters. The van der Waals surface area contributed by atoms with Crippen molar-refractivity contribution in [3.8, 4) is 0 Å². The fourth-order valence-corrected chi connectivity index (χ4v) is 3.50. The maximum absolute atomic E-state index is 13.4. The van der Waals surface area contributed by atoms with Crippen LogP contribution in [-0.2, 0) is 14.8 Å². The fraction of sp³-hybridized carbons (Fsp3) is 0.188. The Hall–Kier alpha value is -2.21. The molecule has 0 aromatic heterocycles. The van der Waals surface area contributed by atoms with Crippen LogP contribution in [0.1, 0.15) is 12.0 Å². The Morgan fingerprint density at radius 1 is 1.14 bits per heavy atom. The van der Waals surface area contributed by atoms with Crippen LogP contribution in [0.25, 0.3) is 0 Å². The van der Waals surface area contributed by atoms with Crippen LogP contribution in [0.15, 0.2) is 53.4 Å². The van der Waals surface area contributed by atoms with Gasteiger partial charge in [0.15, 0.2) is 0 Å². The monoisotopic (exact) mass is 321 g/mol. The van der Waals surface area contributed by atoms with E-state index in [1.165, 1.54) is 30.3 Å². The van der Waals surface area contributed by atoms with Crippen LogP contribution in [0.4, 0.5) is 10.1 Å². The summed E-state index contributed by atoms with van der Waals surface area (Å²) in [7, 11) is -3.85. The van der Waals surface area contributed by atoms with Crippen LogP contribution >= 0.6 is 0 Å². The Kier molecular flexibility index (Phi) is 4.92. The van der Waals surface area contributed by atoms with E-state index in [-0.39, 0.29) is 23.5 Å². The standard InChI is InChI=1S/C16H16FNO3S/c1-13-6-8-16(9-7-13)22(20,21)18(10-3-11-19)15-5-2-4-14(17)12-15/h2,4-9,11-12H,3,10H2,1H3. The molecule has 0 aliphatic heterocycles. The lowest BCUT2D eigenvalue weighted by Crippen LogP contribution is -2.32. The molecule has 0 fully saturated rings. The number of sulfonamides is 1. The van der Waals surface area contributed by atoms with E-state index in [2.05, 4.69) is 0 Å². The van der Waals surface area contributed by atoms with Gasteiger partial charge in [0.05, 0.1) is 10.6 Å². The molecule has 22 heavy (non-hydrogen) atoms. The van der Waals surface area contributed by atoms with Gasteiger partial charge in [-0.1, -0.05) is 23.8 Å². The Bertz CT molecular complexity index is 757. The van der Waals surface area contributed by atoms with Crippen LogP contribution in [0.5, 0.6) is 0 Å². The number of anilines is 1. The smallest absolute Gasteiger partial charge is 0.264 e. The minimum absolute atomic E-state index is 0.0294. The summed E-state index contributed by atoms with van der Waals surface area (Å²) in [4.78, 5) is 10.7. The highest BCUT2D eigenvalue weighted by Gasteiger charge is 2.24. The molecule has 0 aliphatic carbocycles. The fourth-order valence-electron chi connectivity index (χ4n) is 2.03. The van der Waals surface area contributed by atoms with Gasteiger partial charge in [-0.3, -0.25) is 4.31 Å². The van der Waals surface area contributed by atoms with E-state index in [0.29, 0.717) is 6.29 Å². The number of rotatable bonds is 6. The molecule has 116 valence electrons. The maximum atomic E-state index is 13.4. The van der Waals surface area contributed by atoms with Crippen LogP contribution in [-0.4, -0.2) is 21.2 Å². The van der Waals surface area contributed by atoms with E-state index in [1.54, 1.807) is 12.1 Å². The van der Waals surface area contributed by atoms with Crippen molar-refractivity contribution in [3.63, 3.8) is 0 Å². The number of hydrogen-bond acceptors (Lipinski definition) is 3. The molecule has 0 heterocycles. The predicted octanol–water partition coefficient (Wildman–Crippen LogP) is 2.92. The van der Waals surface area contributed by atoms with Crippen molar-refractivity contribution in [1.82, 2.24) is 0 Å². The summed E-state index contributed by atoms with van der Waals surface area (Å²) < 4.78 is 40.0. The van der Waals surface area contributed by atoms with Gasteiger partial charge in [-0.15, -0.1) is 0 Å². The molecule has 0 radical (unpaired) electrons. The van der Waals surface area contributed by atoms with Crippen LogP contribution in [0.2, 0.25) is 0 Å². The normalized spacial score (nSPS) is 11.2. The molecule has 0 unspecified atom stereocenters. The zero-order valence-electron chi connectivity index (χ0n) is 12.1. The summed E-state index contributed by atoms with van der Waals surface area (Å²) >= 11 is 0. The zero-order valence-corrected chi connectivity index (χ0v) is 12.9. The lowest BCUT2D eigenvalue weighted by molar-refractivity contribution is -0.107. The number of aryl methyl sites for hydroxylation is 1. The quantitative estimate of drug-likeness (QED) is 0.769. The summed E-state index contributed by atoms with van der Waals surface area (Å²) in [5.41, 5.74) is 1.13. The topological polar surface area (TPSA) is 54.5 Å². The molecule has 0 spiro atoms. The molecule has 0 saturated carbocycles. The zero-order chi connectivity index (χ0) is 16.2. The average molecular weight is 321 g/mol. The second-order valence-electron chi connectivity index (χ2n) is 4.83. The Morgan fingerprint density at radius 2 is 1.82 bits per heavy atom. The molecule has 0 aliphatic rings. The average Bonchev–Trinajstić information content (AvgIpc) is 2.48. The van der Waals surface area contributed by atoms with Gasteiger partial charge in [-0.2, -0.15) is 0 Å². The highest BCUT2D eigenvalue weighted by Crippen LogP contribution is 2.24. The Balaban J connectivity index is 2.48. The molecule has 0 bridgehead atoms. The van der Waals surface area contributed by atoms with Crippen molar-refractivity contribution >= 4 is 22.0 Å². The predicted molar refractivity (Wildman–Crippen MR) is 82.8 cm³/mol. The highest BCUT2D eigenvalue weighted by molar-refractivity contribution is 7.92. The van der Waals surface area contributed by atoms with Gasteiger partial charge in [-0.05, 0) is 37.3 Å². The first-order valence-corrected chi connectivity index (χ1v) is 8.18. The molecular weight excluding hydrogens is 305 g/mol. The first-order valence-electron chi connectivity index (χ1n) is 6.74. The third kappa shape index (κ3) is 3.51. The van der Waals surface area contributed by atoms with Crippen molar-refractivity contribution in [1.29, 1.82) is 0 Å². The SMILES string of the molecule is Cc1ccc(S(=O)(=O)N(CCC=O)c2cccc(F)c2)cc1. The van der Waals surface area contributed by atoms with Crippen molar-refractivity contribution in [3.05, 3.63) is 59.9 Å². The number of nitrogens with zero attached hydrogens (tertiary/aromatic N) is 1. The van der Waals surface area contributed by atoms with E-state index < -0.39 is 15.8 Å². The van der Waals surface area contributed by atoms with E-state index in [0.717, 1.165) is 15.9 Å². The first kappa shape index (κ1) is 16.2. The molecule has 0 N–H and O–H groups in total. The van der Waals surface area contributed by atoms with Crippen LogP contribution in [0, 0.1) is 12.7 Å². The summed E-state index contributed by atoms with van der Waals surface area (Å²) in [6.45, 7) is 1.82. The van der Waals surface area contributed by atoms with Gasteiger partial charge < -0.3 is 4.79 Å². The summed E-state index contributed by atoms with van der Waals surface area (Å²) in [5.74, 6) is -0.535. The molecule has 6 heteroatoms. The third-order valence-corrected chi connectivity index (χ3v) is 5.00. The molecule has 0 saturated heterocycles. The molecule has 2 aromatic rings. The van der Waals surface area contributed by atoms with Crippen LogP contribution in [0.3, 0.4) is 0 Å².